The molecule has 0 radical (unpaired) electrons. The van der Waals surface area contributed by atoms with Gasteiger partial charge in [0.25, 0.3) is 5.78 Å². The van der Waals surface area contributed by atoms with Crippen molar-refractivity contribution in [1.82, 2.24) is 5.16 Å². The molecular formula is C25H23ClN2O5. The van der Waals surface area contributed by atoms with Crippen molar-refractivity contribution in [3.8, 4) is 5.75 Å². The van der Waals surface area contributed by atoms with Crippen LogP contribution in [0.25, 0.3) is 5.76 Å². The summed E-state index contributed by atoms with van der Waals surface area (Å²) in [5, 5.41) is 15.4. The van der Waals surface area contributed by atoms with Gasteiger partial charge in [-0.05, 0) is 42.2 Å². The van der Waals surface area contributed by atoms with E-state index in [1.54, 1.807) is 25.1 Å². The van der Waals surface area contributed by atoms with Crippen molar-refractivity contribution < 1.29 is 24.0 Å². The van der Waals surface area contributed by atoms with Crippen LogP contribution < -0.4 is 9.64 Å². The quantitative estimate of drug-likeness (QED) is 0.307. The van der Waals surface area contributed by atoms with E-state index in [0.717, 1.165) is 5.56 Å². The fraction of sp³-hybridized carbons (Fsp3) is 0.240. The molecule has 8 heteroatoms. The zero-order valence-electron chi connectivity index (χ0n) is 18.6. The maximum absolute atomic E-state index is 13.2. The highest BCUT2D eigenvalue weighted by Crippen LogP contribution is 2.42. The number of aliphatic hydroxyl groups excluding tert-OH is 1. The van der Waals surface area contributed by atoms with Crippen molar-refractivity contribution in [3.05, 3.63) is 81.6 Å². The molecule has 0 spiro atoms. The summed E-state index contributed by atoms with van der Waals surface area (Å²) >= 11 is 6.23. The summed E-state index contributed by atoms with van der Waals surface area (Å²) in [6.45, 7) is 5.85. The molecule has 1 aromatic heterocycles. The SMILES string of the molecule is COc1ccc(C(O)=C2C(=O)C(=O)N(c3cc(C)on3)[C@H]2c2ccc(C(C)C)cc2)cc1Cl. The van der Waals surface area contributed by atoms with Crippen molar-refractivity contribution in [2.24, 2.45) is 0 Å². The maximum atomic E-state index is 13.2. The number of halogens is 1. The summed E-state index contributed by atoms with van der Waals surface area (Å²) < 4.78 is 10.3. The van der Waals surface area contributed by atoms with Crippen molar-refractivity contribution in [1.29, 1.82) is 0 Å². The second-order valence-corrected chi connectivity index (χ2v) is 8.54. The molecule has 1 atom stereocenters. The van der Waals surface area contributed by atoms with Crippen molar-refractivity contribution in [3.63, 3.8) is 0 Å². The molecule has 1 aliphatic heterocycles. The minimum atomic E-state index is -0.892. The number of hydrogen-bond donors (Lipinski definition) is 1. The molecule has 0 aliphatic carbocycles. The Morgan fingerprint density at radius 1 is 1.15 bits per heavy atom. The summed E-state index contributed by atoms with van der Waals surface area (Å²) in [5.41, 5.74) is 1.99. The fourth-order valence-electron chi connectivity index (χ4n) is 3.88. The van der Waals surface area contributed by atoms with Crippen LogP contribution in [0.5, 0.6) is 5.75 Å². The molecular weight excluding hydrogens is 444 g/mol. The van der Waals surface area contributed by atoms with Crippen molar-refractivity contribution in [2.75, 3.05) is 12.0 Å². The molecule has 2 heterocycles. The van der Waals surface area contributed by atoms with E-state index in [1.165, 1.54) is 18.1 Å². The molecule has 1 amide bonds. The number of aryl methyl sites for hydroxylation is 1. The molecule has 1 aliphatic rings. The maximum Gasteiger partial charge on any atom is 0.301 e. The van der Waals surface area contributed by atoms with Crippen LogP contribution >= 0.6 is 11.6 Å². The van der Waals surface area contributed by atoms with Crippen molar-refractivity contribution >= 4 is 34.9 Å². The summed E-state index contributed by atoms with van der Waals surface area (Å²) in [6, 6.07) is 12.9. The van der Waals surface area contributed by atoms with Crippen LogP contribution in [0.3, 0.4) is 0 Å². The van der Waals surface area contributed by atoms with Gasteiger partial charge in [0.05, 0.1) is 23.7 Å². The van der Waals surface area contributed by atoms with Gasteiger partial charge in [-0.25, -0.2) is 0 Å². The highest BCUT2D eigenvalue weighted by molar-refractivity contribution is 6.51. The van der Waals surface area contributed by atoms with E-state index in [9.17, 15) is 14.7 Å². The number of ether oxygens (including phenoxy) is 1. The predicted octanol–water partition coefficient (Wildman–Crippen LogP) is 5.39. The lowest BCUT2D eigenvalue weighted by atomic mass is 9.93. The first-order valence-electron chi connectivity index (χ1n) is 10.4. The van der Waals surface area contributed by atoms with Gasteiger partial charge in [0.2, 0.25) is 0 Å². The van der Waals surface area contributed by atoms with Gasteiger partial charge < -0.3 is 14.4 Å². The zero-order valence-corrected chi connectivity index (χ0v) is 19.4. The van der Waals surface area contributed by atoms with Gasteiger partial charge in [-0.3, -0.25) is 14.5 Å². The minimum absolute atomic E-state index is 0.0563. The summed E-state index contributed by atoms with van der Waals surface area (Å²) in [5.74, 6) is -0.543. The Labute approximate surface area is 196 Å². The van der Waals surface area contributed by atoms with Crippen LogP contribution in [-0.2, 0) is 9.59 Å². The molecule has 1 N–H and O–H groups in total. The highest BCUT2D eigenvalue weighted by atomic mass is 35.5. The lowest BCUT2D eigenvalue weighted by Crippen LogP contribution is -2.29. The Morgan fingerprint density at radius 3 is 2.39 bits per heavy atom. The van der Waals surface area contributed by atoms with Gasteiger partial charge in [-0.15, -0.1) is 0 Å². The predicted molar refractivity (Wildman–Crippen MR) is 125 cm³/mol. The van der Waals surface area contributed by atoms with Gasteiger partial charge in [0.1, 0.15) is 17.3 Å². The Balaban J connectivity index is 1.91. The van der Waals surface area contributed by atoms with Gasteiger partial charge in [0, 0.05) is 11.6 Å². The van der Waals surface area contributed by atoms with E-state index in [0.29, 0.717) is 28.6 Å². The first-order chi connectivity index (χ1) is 15.7. The van der Waals surface area contributed by atoms with Gasteiger partial charge in [-0.1, -0.05) is 54.9 Å². The fourth-order valence-corrected chi connectivity index (χ4v) is 4.14. The molecule has 4 rings (SSSR count). The number of ketones is 1. The molecule has 0 unspecified atom stereocenters. The van der Waals surface area contributed by atoms with Crippen LogP contribution in [-0.4, -0.2) is 29.1 Å². The molecule has 1 saturated heterocycles. The first-order valence-corrected chi connectivity index (χ1v) is 10.8. The lowest BCUT2D eigenvalue weighted by molar-refractivity contribution is -0.132. The van der Waals surface area contributed by atoms with Crippen LogP contribution in [0.2, 0.25) is 5.02 Å². The molecule has 2 aromatic carbocycles. The Bertz CT molecular complexity index is 1260. The number of anilines is 1. The van der Waals surface area contributed by atoms with Gasteiger partial charge in [-0.2, -0.15) is 0 Å². The van der Waals surface area contributed by atoms with E-state index in [1.807, 2.05) is 24.3 Å². The minimum Gasteiger partial charge on any atom is -0.507 e. The number of carbonyl (C=O) groups excluding carboxylic acids is 2. The monoisotopic (exact) mass is 466 g/mol. The number of carbonyl (C=O) groups is 2. The van der Waals surface area contributed by atoms with Crippen LogP contribution in [0.15, 0.2) is 58.6 Å². The average molecular weight is 467 g/mol. The van der Waals surface area contributed by atoms with Crippen LogP contribution in [0.4, 0.5) is 5.82 Å². The molecule has 3 aromatic rings. The highest BCUT2D eigenvalue weighted by Gasteiger charge is 2.48. The largest absolute Gasteiger partial charge is 0.507 e. The molecule has 1 fully saturated rings. The smallest absolute Gasteiger partial charge is 0.301 e. The van der Waals surface area contributed by atoms with E-state index in [2.05, 4.69) is 19.0 Å². The first kappa shape index (κ1) is 22.6. The zero-order chi connectivity index (χ0) is 23.9. The number of hydrogen-bond acceptors (Lipinski definition) is 6. The summed E-state index contributed by atoms with van der Waals surface area (Å²) in [4.78, 5) is 27.5. The topological polar surface area (TPSA) is 92.9 Å². The molecule has 33 heavy (non-hydrogen) atoms. The Morgan fingerprint density at radius 2 is 1.85 bits per heavy atom. The van der Waals surface area contributed by atoms with E-state index >= 15 is 0 Å². The average Bonchev–Trinajstić information content (AvgIpc) is 3.34. The number of rotatable bonds is 5. The Hall–Kier alpha value is -3.58. The third-order valence-electron chi connectivity index (χ3n) is 5.65. The van der Waals surface area contributed by atoms with Gasteiger partial charge in [0.15, 0.2) is 5.82 Å². The standard InChI is InChI=1S/C25H23ClN2O5/c1-13(2)15-5-7-16(8-6-15)22-21(23(29)17-9-10-19(32-4)18(26)12-17)24(30)25(31)28(22)20-11-14(3)33-27-20/h5-13,22,29H,1-4H3/t22-/m0/s1. The number of aliphatic hydroxyl groups is 1. The number of Topliss-reactive ketones (excluding diaryl/α,β-unsaturated/α-hetero) is 1. The number of nitrogens with zero attached hydrogens (tertiary/aromatic N) is 2. The number of amides is 1. The van der Waals surface area contributed by atoms with E-state index in [4.69, 9.17) is 20.9 Å². The normalized spacial score (nSPS) is 17.8. The number of aromatic nitrogens is 1. The molecule has 0 bridgehead atoms. The van der Waals surface area contributed by atoms with Gasteiger partial charge >= 0.3 is 5.91 Å². The third kappa shape index (κ3) is 4.00. The third-order valence-corrected chi connectivity index (χ3v) is 5.95. The number of methoxy groups -OCH3 is 1. The second kappa shape index (κ2) is 8.75. The lowest BCUT2D eigenvalue weighted by Gasteiger charge is -2.23. The molecule has 7 nitrogen and oxygen atoms in total. The molecule has 0 saturated carbocycles. The Kier molecular flexibility index (Phi) is 5.99. The van der Waals surface area contributed by atoms with Crippen LogP contribution in [0, 0.1) is 6.92 Å². The second-order valence-electron chi connectivity index (χ2n) is 8.14. The van der Waals surface area contributed by atoms with Crippen molar-refractivity contribution in [2.45, 2.75) is 32.7 Å². The summed E-state index contributed by atoms with van der Waals surface area (Å²) in [7, 11) is 1.48. The van der Waals surface area contributed by atoms with E-state index in [-0.39, 0.29) is 22.2 Å². The molecule has 170 valence electrons. The van der Waals surface area contributed by atoms with Crippen LogP contribution in [0.1, 0.15) is 48.3 Å². The summed E-state index contributed by atoms with van der Waals surface area (Å²) in [6.07, 6.45) is 0. The van der Waals surface area contributed by atoms with E-state index < -0.39 is 17.7 Å². The number of benzene rings is 2.